The van der Waals surface area contributed by atoms with E-state index in [2.05, 4.69) is 0 Å². The van der Waals surface area contributed by atoms with E-state index in [4.69, 9.17) is 9.47 Å². The Morgan fingerprint density at radius 2 is 2.12 bits per heavy atom. The summed E-state index contributed by atoms with van der Waals surface area (Å²) in [6.45, 7) is 2.85. The van der Waals surface area contributed by atoms with E-state index >= 15 is 0 Å². The van der Waals surface area contributed by atoms with Crippen LogP contribution < -0.4 is 0 Å². The fraction of sp³-hybridized carbons (Fsp3) is 0.900. The van der Waals surface area contributed by atoms with Crippen LogP contribution in [0.2, 0.25) is 0 Å². The van der Waals surface area contributed by atoms with Crippen molar-refractivity contribution in [3.63, 3.8) is 0 Å². The van der Waals surface area contributed by atoms with Gasteiger partial charge < -0.3 is 9.47 Å². The number of carbonyl (C=O) groups is 1. The van der Waals surface area contributed by atoms with E-state index in [1.165, 1.54) is 0 Å². The van der Waals surface area contributed by atoms with Crippen molar-refractivity contribution >= 4 is 15.6 Å². The quantitative estimate of drug-likeness (QED) is 0.673. The van der Waals surface area contributed by atoms with Crippen LogP contribution in [-0.2, 0) is 24.1 Å². The minimum absolute atomic E-state index is 0.0639. The molecule has 1 atom stereocenters. The molecule has 1 aliphatic heterocycles. The third kappa shape index (κ3) is 4.59. The highest BCUT2D eigenvalue weighted by Crippen LogP contribution is 2.07. The Morgan fingerprint density at radius 3 is 2.69 bits per heavy atom. The van der Waals surface area contributed by atoms with Gasteiger partial charge in [-0.15, -0.1) is 0 Å². The van der Waals surface area contributed by atoms with Crippen LogP contribution in [0.4, 0.5) is 0 Å². The first kappa shape index (κ1) is 13.6. The van der Waals surface area contributed by atoms with Crippen LogP contribution >= 0.6 is 0 Å². The van der Waals surface area contributed by atoms with E-state index in [1.54, 1.807) is 6.92 Å². The summed E-state index contributed by atoms with van der Waals surface area (Å²) >= 11 is 0. The summed E-state index contributed by atoms with van der Waals surface area (Å²) in [5, 5.41) is 0. The normalized spacial score (nSPS) is 21.9. The molecular weight excluding hydrogens is 232 g/mol. The van der Waals surface area contributed by atoms with Crippen molar-refractivity contribution in [1.82, 2.24) is 0 Å². The first-order chi connectivity index (χ1) is 7.55. The number of hydrogen-bond donors (Lipinski definition) is 0. The lowest BCUT2D eigenvalue weighted by molar-refractivity contribution is -0.145. The average Bonchev–Trinajstić information content (AvgIpc) is 2.30. The number of ketones is 1. The van der Waals surface area contributed by atoms with Gasteiger partial charge in [0.1, 0.15) is 15.9 Å². The molecule has 1 rings (SSSR count). The molecule has 1 aliphatic rings. The Morgan fingerprint density at radius 1 is 1.38 bits per heavy atom. The Kier molecular flexibility index (Phi) is 5.37. The first-order valence-corrected chi connectivity index (χ1v) is 7.30. The summed E-state index contributed by atoms with van der Waals surface area (Å²) in [5.74, 6) is 0.138. The van der Waals surface area contributed by atoms with E-state index in [0.717, 1.165) is 0 Å². The van der Waals surface area contributed by atoms with Gasteiger partial charge in [-0.05, 0) is 6.42 Å². The maximum absolute atomic E-state index is 11.6. The van der Waals surface area contributed by atoms with Gasteiger partial charge in [0, 0.05) is 12.2 Å². The second-order valence-corrected chi connectivity index (χ2v) is 6.21. The molecule has 0 aromatic carbocycles. The Balaban J connectivity index is 2.24. The lowest BCUT2D eigenvalue weighted by Crippen LogP contribution is -2.35. The summed E-state index contributed by atoms with van der Waals surface area (Å²) < 4.78 is 32.7. The molecule has 94 valence electrons. The van der Waals surface area contributed by atoms with Gasteiger partial charge in [0.25, 0.3) is 0 Å². The van der Waals surface area contributed by atoms with Crippen LogP contribution in [0, 0.1) is 0 Å². The van der Waals surface area contributed by atoms with E-state index in [0.29, 0.717) is 26.2 Å². The highest BCUT2D eigenvalue weighted by atomic mass is 32.2. The second kappa shape index (κ2) is 6.32. The molecule has 1 heterocycles. The first-order valence-electron chi connectivity index (χ1n) is 5.47. The molecule has 0 aromatic heterocycles. The van der Waals surface area contributed by atoms with Crippen molar-refractivity contribution in [3.8, 4) is 0 Å². The van der Waals surface area contributed by atoms with Crippen molar-refractivity contribution < 1.29 is 22.7 Å². The molecular formula is C10H18O5S. The molecule has 16 heavy (non-hydrogen) atoms. The van der Waals surface area contributed by atoms with Gasteiger partial charge in [-0.1, -0.05) is 6.92 Å². The van der Waals surface area contributed by atoms with E-state index in [1.807, 2.05) is 0 Å². The Labute approximate surface area is 96.0 Å². The van der Waals surface area contributed by atoms with E-state index < -0.39 is 15.9 Å². The van der Waals surface area contributed by atoms with Gasteiger partial charge in [0.15, 0.2) is 5.78 Å². The maximum Gasteiger partial charge on any atom is 0.163 e. The number of hydrogen-bond acceptors (Lipinski definition) is 5. The molecule has 1 unspecified atom stereocenters. The fourth-order valence-electron chi connectivity index (χ4n) is 1.45. The molecule has 0 spiro atoms. The van der Waals surface area contributed by atoms with Crippen molar-refractivity contribution in [1.29, 1.82) is 0 Å². The molecule has 6 heteroatoms. The van der Waals surface area contributed by atoms with E-state index in [-0.39, 0.29) is 23.7 Å². The Bertz CT molecular complexity index is 316. The predicted molar refractivity (Wildman–Crippen MR) is 59.1 cm³/mol. The lowest BCUT2D eigenvalue weighted by Gasteiger charge is -2.21. The van der Waals surface area contributed by atoms with Crippen molar-refractivity contribution in [2.24, 2.45) is 0 Å². The third-order valence-electron chi connectivity index (χ3n) is 2.49. The van der Waals surface area contributed by atoms with Crippen LogP contribution in [-0.4, -0.2) is 51.6 Å². The number of Topliss-reactive ketones (excluding diaryl/α,β-unsaturated/α-hetero) is 1. The standard InChI is InChI=1S/C10H18O5S/c1-2-16(12,13)7-3-4-9(11)10-8-14-5-6-15-10/h10H,2-8H2,1H3. The third-order valence-corrected chi connectivity index (χ3v) is 4.28. The summed E-state index contributed by atoms with van der Waals surface area (Å²) in [7, 11) is -2.97. The van der Waals surface area contributed by atoms with Gasteiger partial charge in [0.05, 0.1) is 25.6 Å². The molecule has 0 aromatic rings. The van der Waals surface area contributed by atoms with Gasteiger partial charge in [-0.2, -0.15) is 0 Å². The van der Waals surface area contributed by atoms with Crippen LogP contribution in [0.3, 0.4) is 0 Å². The zero-order chi connectivity index (χ0) is 12.0. The minimum atomic E-state index is -2.97. The molecule has 0 aliphatic carbocycles. The minimum Gasteiger partial charge on any atom is -0.376 e. The summed E-state index contributed by atoms with van der Waals surface area (Å²) in [5.41, 5.74) is 0. The van der Waals surface area contributed by atoms with Gasteiger partial charge >= 0.3 is 0 Å². The number of ether oxygens (including phenoxy) is 2. The van der Waals surface area contributed by atoms with E-state index in [9.17, 15) is 13.2 Å². The SMILES string of the molecule is CCS(=O)(=O)CCCC(=O)C1COCCO1. The fourth-order valence-corrected chi connectivity index (χ4v) is 2.32. The molecule has 1 saturated heterocycles. The molecule has 5 nitrogen and oxygen atoms in total. The van der Waals surface area contributed by atoms with Crippen molar-refractivity contribution in [2.45, 2.75) is 25.9 Å². The van der Waals surface area contributed by atoms with Gasteiger partial charge in [0.2, 0.25) is 0 Å². The molecule has 0 bridgehead atoms. The predicted octanol–water partition coefficient (Wildman–Crippen LogP) is 0.186. The van der Waals surface area contributed by atoms with Crippen LogP contribution in [0.25, 0.3) is 0 Å². The highest BCUT2D eigenvalue weighted by Gasteiger charge is 2.22. The summed E-state index contributed by atoms with van der Waals surface area (Å²) in [6.07, 6.45) is 0.111. The van der Waals surface area contributed by atoms with Gasteiger partial charge in [-0.25, -0.2) is 8.42 Å². The van der Waals surface area contributed by atoms with Gasteiger partial charge in [-0.3, -0.25) is 4.79 Å². The largest absolute Gasteiger partial charge is 0.376 e. The van der Waals surface area contributed by atoms with Crippen LogP contribution in [0.1, 0.15) is 19.8 Å². The number of sulfone groups is 1. The summed E-state index contributed by atoms with van der Waals surface area (Å²) in [4.78, 5) is 11.6. The molecule has 0 N–H and O–H groups in total. The maximum atomic E-state index is 11.6. The van der Waals surface area contributed by atoms with Crippen LogP contribution in [0.15, 0.2) is 0 Å². The lowest BCUT2D eigenvalue weighted by atomic mass is 10.1. The number of rotatable bonds is 6. The Hall–Kier alpha value is -0.460. The molecule has 0 radical (unpaired) electrons. The highest BCUT2D eigenvalue weighted by molar-refractivity contribution is 7.91. The second-order valence-electron chi connectivity index (χ2n) is 3.74. The molecule has 0 amide bonds. The molecule has 0 saturated carbocycles. The summed E-state index contributed by atoms with van der Waals surface area (Å²) in [6, 6.07) is 0. The van der Waals surface area contributed by atoms with Crippen molar-refractivity contribution in [3.05, 3.63) is 0 Å². The molecule has 1 fully saturated rings. The van der Waals surface area contributed by atoms with Crippen molar-refractivity contribution in [2.75, 3.05) is 31.3 Å². The smallest absolute Gasteiger partial charge is 0.163 e. The zero-order valence-corrected chi connectivity index (χ0v) is 10.3. The average molecular weight is 250 g/mol. The van der Waals surface area contributed by atoms with Crippen LogP contribution in [0.5, 0.6) is 0 Å². The monoisotopic (exact) mass is 250 g/mol. The topological polar surface area (TPSA) is 69.7 Å². The number of carbonyl (C=O) groups excluding carboxylic acids is 1. The zero-order valence-electron chi connectivity index (χ0n) is 9.48.